The molecule has 0 spiro atoms. The molecule has 0 fully saturated rings. The SMILES string of the molecule is CC.CC.CC.CCCCCCCCOc1ccccc1O. The van der Waals surface area contributed by atoms with Crippen molar-refractivity contribution in [3.05, 3.63) is 24.3 Å². The van der Waals surface area contributed by atoms with Gasteiger partial charge in [-0.05, 0) is 18.6 Å². The minimum atomic E-state index is 0.230. The Balaban J connectivity index is -0.000000535. The van der Waals surface area contributed by atoms with Crippen molar-refractivity contribution < 1.29 is 9.84 Å². The van der Waals surface area contributed by atoms with Crippen LogP contribution in [-0.4, -0.2) is 11.7 Å². The average Bonchev–Trinajstić information content (AvgIpc) is 2.61. The van der Waals surface area contributed by atoms with Crippen LogP contribution < -0.4 is 4.74 Å². The molecule has 0 aliphatic carbocycles. The minimum absolute atomic E-state index is 0.230. The number of ether oxygens (including phenoxy) is 1. The maximum absolute atomic E-state index is 9.46. The van der Waals surface area contributed by atoms with Crippen molar-refractivity contribution in [3.8, 4) is 11.5 Å². The Morgan fingerprint density at radius 2 is 1.27 bits per heavy atom. The van der Waals surface area contributed by atoms with Gasteiger partial charge in [0.1, 0.15) is 0 Å². The van der Waals surface area contributed by atoms with Gasteiger partial charge in [0, 0.05) is 0 Å². The summed E-state index contributed by atoms with van der Waals surface area (Å²) in [5.41, 5.74) is 0. The maximum atomic E-state index is 9.46. The van der Waals surface area contributed by atoms with Gasteiger partial charge < -0.3 is 9.84 Å². The third kappa shape index (κ3) is 16.9. The van der Waals surface area contributed by atoms with E-state index in [1.54, 1.807) is 18.2 Å². The highest BCUT2D eigenvalue weighted by Crippen LogP contribution is 2.24. The van der Waals surface area contributed by atoms with Gasteiger partial charge in [-0.2, -0.15) is 0 Å². The van der Waals surface area contributed by atoms with E-state index in [-0.39, 0.29) is 5.75 Å². The Morgan fingerprint density at radius 1 is 0.773 bits per heavy atom. The molecule has 0 unspecified atom stereocenters. The van der Waals surface area contributed by atoms with E-state index in [9.17, 15) is 5.11 Å². The number of hydrogen-bond acceptors (Lipinski definition) is 2. The molecule has 0 radical (unpaired) electrons. The lowest BCUT2D eigenvalue weighted by Gasteiger charge is -2.07. The summed E-state index contributed by atoms with van der Waals surface area (Å²) < 4.78 is 5.49. The first kappa shape index (κ1) is 25.8. The van der Waals surface area contributed by atoms with E-state index in [0.717, 1.165) is 6.42 Å². The molecule has 22 heavy (non-hydrogen) atoms. The first-order valence-corrected chi connectivity index (χ1v) is 9.25. The van der Waals surface area contributed by atoms with E-state index in [4.69, 9.17) is 4.74 Å². The third-order valence-corrected chi connectivity index (χ3v) is 2.62. The molecular weight excluding hydrogens is 272 g/mol. The lowest BCUT2D eigenvalue weighted by molar-refractivity contribution is 0.289. The van der Waals surface area contributed by atoms with Crippen molar-refractivity contribution in [2.24, 2.45) is 0 Å². The number of phenols is 1. The van der Waals surface area contributed by atoms with Crippen LogP contribution in [0.1, 0.15) is 87.0 Å². The summed E-state index contributed by atoms with van der Waals surface area (Å²) in [5, 5.41) is 9.46. The number of unbranched alkanes of at least 4 members (excludes halogenated alkanes) is 5. The first-order chi connectivity index (χ1) is 10.8. The zero-order valence-corrected chi connectivity index (χ0v) is 16.1. The van der Waals surface area contributed by atoms with Crippen molar-refractivity contribution in [1.29, 1.82) is 0 Å². The van der Waals surface area contributed by atoms with Gasteiger partial charge in [0.25, 0.3) is 0 Å². The standard InChI is InChI=1S/C14H22O2.3C2H6/c1-2-3-4-5-6-9-12-16-14-11-8-7-10-13(14)15;3*1-2/h7-8,10-11,15H,2-6,9,12H2,1H3;3*1-2H3. The molecule has 2 heteroatoms. The zero-order valence-electron chi connectivity index (χ0n) is 16.1. The van der Waals surface area contributed by atoms with Gasteiger partial charge in [0.05, 0.1) is 6.61 Å². The van der Waals surface area contributed by atoms with Crippen LogP contribution in [0, 0.1) is 0 Å². The van der Waals surface area contributed by atoms with Crippen molar-refractivity contribution in [3.63, 3.8) is 0 Å². The number of para-hydroxylation sites is 2. The van der Waals surface area contributed by atoms with Crippen LogP contribution >= 0.6 is 0 Å². The predicted octanol–water partition coefficient (Wildman–Crippen LogP) is 7.21. The van der Waals surface area contributed by atoms with Gasteiger partial charge in [-0.1, -0.05) is 92.7 Å². The van der Waals surface area contributed by atoms with Crippen LogP contribution in [0.15, 0.2) is 24.3 Å². The molecule has 0 saturated carbocycles. The normalized spacial score (nSPS) is 8.32. The van der Waals surface area contributed by atoms with E-state index < -0.39 is 0 Å². The number of hydrogen-bond donors (Lipinski definition) is 1. The summed E-state index contributed by atoms with van der Waals surface area (Å²) in [4.78, 5) is 0. The van der Waals surface area contributed by atoms with E-state index >= 15 is 0 Å². The molecule has 132 valence electrons. The smallest absolute Gasteiger partial charge is 0.160 e. The summed E-state index contributed by atoms with van der Waals surface area (Å²) in [7, 11) is 0. The Labute approximate surface area is 139 Å². The fraction of sp³-hybridized carbons (Fsp3) is 0.700. The molecule has 1 rings (SSSR count). The molecular formula is C20H40O2. The van der Waals surface area contributed by atoms with Gasteiger partial charge in [-0.25, -0.2) is 0 Å². The van der Waals surface area contributed by atoms with Crippen LogP contribution in [0.25, 0.3) is 0 Å². The van der Waals surface area contributed by atoms with Crippen LogP contribution in [-0.2, 0) is 0 Å². The molecule has 0 bridgehead atoms. The fourth-order valence-corrected chi connectivity index (χ4v) is 1.64. The van der Waals surface area contributed by atoms with E-state index in [2.05, 4.69) is 6.92 Å². The molecule has 0 aromatic heterocycles. The quantitative estimate of drug-likeness (QED) is 0.514. The Bertz CT molecular complexity index is 285. The Hall–Kier alpha value is -1.18. The molecule has 0 heterocycles. The van der Waals surface area contributed by atoms with Crippen molar-refractivity contribution in [2.45, 2.75) is 87.0 Å². The van der Waals surface area contributed by atoms with Gasteiger partial charge in [0.15, 0.2) is 11.5 Å². The summed E-state index contributed by atoms with van der Waals surface area (Å²) in [5.74, 6) is 0.824. The number of aromatic hydroxyl groups is 1. The van der Waals surface area contributed by atoms with Crippen LogP contribution in [0.4, 0.5) is 0 Å². The zero-order chi connectivity index (χ0) is 17.6. The second-order valence-electron chi connectivity index (χ2n) is 4.08. The van der Waals surface area contributed by atoms with Gasteiger partial charge in [0.2, 0.25) is 0 Å². The fourth-order valence-electron chi connectivity index (χ4n) is 1.64. The second kappa shape index (κ2) is 24.8. The largest absolute Gasteiger partial charge is 0.504 e. The monoisotopic (exact) mass is 312 g/mol. The molecule has 1 aromatic carbocycles. The first-order valence-electron chi connectivity index (χ1n) is 9.25. The molecule has 1 N–H and O–H groups in total. The molecule has 1 aromatic rings. The molecule has 0 saturated heterocycles. The summed E-state index contributed by atoms with van der Waals surface area (Å²) in [6.45, 7) is 14.9. The van der Waals surface area contributed by atoms with E-state index in [1.807, 2.05) is 47.6 Å². The van der Waals surface area contributed by atoms with Crippen molar-refractivity contribution >= 4 is 0 Å². The molecule has 2 nitrogen and oxygen atoms in total. The molecule has 0 amide bonds. The summed E-state index contributed by atoms with van der Waals surface area (Å²) >= 11 is 0. The highest BCUT2D eigenvalue weighted by molar-refractivity contribution is 5.37. The topological polar surface area (TPSA) is 29.5 Å². The lowest BCUT2D eigenvalue weighted by Crippen LogP contribution is -1.97. The van der Waals surface area contributed by atoms with E-state index in [1.165, 1.54) is 32.1 Å². The molecule has 0 aliphatic heterocycles. The number of benzene rings is 1. The average molecular weight is 313 g/mol. The van der Waals surface area contributed by atoms with Crippen LogP contribution in [0.3, 0.4) is 0 Å². The van der Waals surface area contributed by atoms with Gasteiger partial charge in [-0.3, -0.25) is 0 Å². The third-order valence-electron chi connectivity index (χ3n) is 2.62. The molecule has 0 atom stereocenters. The summed E-state index contributed by atoms with van der Waals surface area (Å²) in [6.07, 6.45) is 7.52. The Kier molecular flexibility index (Phi) is 29.0. The van der Waals surface area contributed by atoms with Crippen molar-refractivity contribution in [2.75, 3.05) is 6.61 Å². The number of phenolic OH excluding ortho intramolecular Hbond substituents is 1. The second-order valence-corrected chi connectivity index (χ2v) is 4.08. The van der Waals surface area contributed by atoms with Gasteiger partial charge in [-0.15, -0.1) is 0 Å². The van der Waals surface area contributed by atoms with Gasteiger partial charge >= 0.3 is 0 Å². The maximum Gasteiger partial charge on any atom is 0.160 e. The van der Waals surface area contributed by atoms with Crippen LogP contribution in [0.2, 0.25) is 0 Å². The highest BCUT2D eigenvalue weighted by Gasteiger charge is 1.99. The van der Waals surface area contributed by atoms with Crippen LogP contribution in [0.5, 0.6) is 11.5 Å². The van der Waals surface area contributed by atoms with E-state index in [0.29, 0.717) is 12.4 Å². The predicted molar refractivity (Wildman–Crippen MR) is 101 cm³/mol. The lowest BCUT2D eigenvalue weighted by atomic mass is 10.1. The number of rotatable bonds is 8. The molecule has 0 aliphatic rings. The van der Waals surface area contributed by atoms with Crippen molar-refractivity contribution in [1.82, 2.24) is 0 Å². The Morgan fingerprint density at radius 3 is 1.82 bits per heavy atom. The summed E-state index contributed by atoms with van der Waals surface area (Å²) in [6, 6.07) is 7.12. The minimum Gasteiger partial charge on any atom is -0.504 e. The highest BCUT2D eigenvalue weighted by atomic mass is 16.5.